The molecule has 25 heavy (non-hydrogen) atoms. The molecule has 6 nitrogen and oxygen atoms in total. The third kappa shape index (κ3) is 3.13. The highest BCUT2D eigenvalue weighted by molar-refractivity contribution is 5.86. The Balaban J connectivity index is 1.32. The highest BCUT2D eigenvalue weighted by atomic mass is 16.4. The van der Waals surface area contributed by atoms with Crippen molar-refractivity contribution in [2.45, 2.75) is 32.1 Å². The third-order valence-corrected chi connectivity index (χ3v) is 5.76. The van der Waals surface area contributed by atoms with Crippen molar-refractivity contribution in [2.75, 3.05) is 13.1 Å². The van der Waals surface area contributed by atoms with E-state index in [4.69, 9.17) is 5.11 Å². The van der Waals surface area contributed by atoms with Crippen LogP contribution in [0.5, 0.6) is 0 Å². The first kappa shape index (κ1) is 16.1. The van der Waals surface area contributed by atoms with Crippen LogP contribution in [0.15, 0.2) is 24.3 Å². The zero-order valence-electron chi connectivity index (χ0n) is 14.1. The predicted octanol–water partition coefficient (Wildman–Crippen LogP) is 2.45. The lowest BCUT2D eigenvalue weighted by atomic mass is 9.72. The summed E-state index contributed by atoms with van der Waals surface area (Å²) in [7, 11) is 0. The fraction of sp³-hybridized carbons (Fsp3) is 0.526. The molecule has 2 N–H and O–H groups in total. The van der Waals surface area contributed by atoms with Gasteiger partial charge < -0.3 is 15.0 Å². The number of piperidine rings is 1. The van der Waals surface area contributed by atoms with Gasteiger partial charge in [0.25, 0.3) is 0 Å². The summed E-state index contributed by atoms with van der Waals surface area (Å²) in [5.41, 5.74) is 2.06. The van der Waals surface area contributed by atoms with E-state index in [1.54, 1.807) is 0 Å². The molecule has 2 aromatic rings. The van der Waals surface area contributed by atoms with Gasteiger partial charge in [-0.2, -0.15) is 0 Å². The number of para-hydroxylation sites is 2. The Hall–Kier alpha value is -2.37. The molecule has 1 saturated carbocycles. The number of aliphatic carboxylic acids is 1. The van der Waals surface area contributed by atoms with Crippen LogP contribution in [0, 0.1) is 17.8 Å². The molecule has 0 spiro atoms. The van der Waals surface area contributed by atoms with Gasteiger partial charge in [-0.15, -0.1) is 0 Å². The number of carbonyl (C=O) groups excluding carboxylic acids is 1. The van der Waals surface area contributed by atoms with Crippen molar-refractivity contribution >= 4 is 22.9 Å². The van der Waals surface area contributed by atoms with Gasteiger partial charge in [-0.1, -0.05) is 12.1 Å². The van der Waals surface area contributed by atoms with Crippen LogP contribution in [0.2, 0.25) is 0 Å². The number of amides is 1. The number of carboxylic acids is 1. The second kappa shape index (κ2) is 6.50. The molecule has 0 unspecified atom stereocenters. The van der Waals surface area contributed by atoms with Crippen LogP contribution in [-0.2, 0) is 16.0 Å². The molecule has 2 atom stereocenters. The zero-order chi connectivity index (χ0) is 17.4. The van der Waals surface area contributed by atoms with Gasteiger partial charge in [-0.05, 0) is 43.7 Å². The minimum Gasteiger partial charge on any atom is -0.481 e. The predicted molar refractivity (Wildman–Crippen MR) is 93.0 cm³/mol. The number of fused-ring (bicyclic) bond motifs is 1. The van der Waals surface area contributed by atoms with Crippen molar-refractivity contribution in [3.05, 3.63) is 30.1 Å². The first-order valence-corrected chi connectivity index (χ1v) is 9.07. The van der Waals surface area contributed by atoms with Gasteiger partial charge >= 0.3 is 5.97 Å². The fourth-order valence-electron chi connectivity index (χ4n) is 4.06. The maximum Gasteiger partial charge on any atom is 0.307 e. The Morgan fingerprint density at radius 2 is 1.84 bits per heavy atom. The molecule has 1 amide bonds. The third-order valence-electron chi connectivity index (χ3n) is 5.76. The number of hydrogen-bond acceptors (Lipinski definition) is 3. The van der Waals surface area contributed by atoms with E-state index in [2.05, 4.69) is 9.97 Å². The Morgan fingerprint density at radius 1 is 1.12 bits per heavy atom. The number of benzene rings is 1. The van der Waals surface area contributed by atoms with Gasteiger partial charge in [-0.25, -0.2) is 4.98 Å². The van der Waals surface area contributed by atoms with E-state index < -0.39 is 11.9 Å². The Morgan fingerprint density at radius 3 is 2.48 bits per heavy atom. The summed E-state index contributed by atoms with van der Waals surface area (Å²) in [5.74, 6) is -0.0346. The highest BCUT2D eigenvalue weighted by Crippen LogP contribution is 2.36. The van der Waals surface area contributed by atoms with Crippen molar-refractivity contribution in [3.8, 4) is 0 Å². The van der Waals surface area contributed by atoms with Gasteiger partial charge in [0.1, 0.15) is 5.82 Å². The molecule has 1 aromatic heterocycles. The maximum atomic E-state index is 12.5. The number of hydrogen-bond donors (Lipinski definition) is 2. The lowest BCUT2D eigenvalue weighted by Crippen LogP contribution is -2.48. The maximum absolute atomic E-state index is 12.5. The van der Waals surface area contributed by atoms with Gasteiger partial charge in [0.2, 0.25) is 5.91 Å². The van der Waals surface area contributed by atoms with Crippen LogP contribution < -0.4 is 0 Å². The fourth-order valence-corrected chi connectivity index (χ4v) is 4.06. The Bertz CT molecular complexity index is 759. The normalized spacial score (nSPS) is 24.2. The van der Waals surface area contributed by atoms with Crippen molar-refractivity contribution < 1.29 is 14.7 Å². The SMILES string of the molecule is O=C(O)[C@@H]1CC[C@@H]1C(=O)N1CCC(Cc2nc3ccccc3[nH]2)CC1. The first-order chi connectivity index (χ1) is 12.1. The minimum atomic E-state index is -0.829. The summed E-state index contributed by atoms with van der Waals surface area (Å²) < 4.78 is 0. The number of aromatic amines is 1. The smallest absolute Gasteiger partial charge is 0.307 e. The number of carboxylic acid groups (broad SMARTS) is 1. The second-order valence-electron chi connectivity index (χ2n) is 7.30. The molecule has 132 valence electrons. The van der Waals surface area contributed by atoms with Gasteiger partial charge in [0, 0.05) is 19.5 Å². The van der Waals surface area contributed by atoms with E-state index in [0.717, 1.165) is 49.2 Å². The molecule has 1 aliphatic carbocycles. The number of rotatable bonds is 4. The standard InChI is InChI=1S/C19H23N3O3/c23-18(13-5-6-14(13)19(24)25)22-9-7-12(8-10-22)11-17-20-15-3-1-2-4-16(15)21-17/h1-4,12-14H,5-11H2,(H,20,21)(H,24,25)/t13-,14+/m0/s1. The van der Waals surface area contributed by atoms with E-state index in [0.29, 0.717) is 18.8 Å². The quantitative estimate of drug-likeness (QED) is 0.894. The molecular weight excluding hydrogens is 318 g/mol. The number of aromatic nitrogens is 2. The molecule has 0 radical (unpaired) electrons. The summed E-state index contributed by atoms with van der Waals surface area (Å²) in [4.78, 5) is 33.5. The largest absolute Gasteiger partial charge is 0.481 e. The average molecular weight is 341 g/mol. The Kier molecular flexibility index (Phi) is 4.19. The van der Waals surface area contributed by atoms with Crippen molar-refractivity contribution in [1.82, 2.24) is 14.9 Å². The molecule has 0 bridgehead atoms. The van der Waals surface area contributed by atoms with Crippen molar-refractivity contribution in [2.24, 2.45) is 17.8 Å². The molecular formula is C19H23N3O3. The van der Waals surface area contributed by atoms with Crippen LogP contribution in [0.25, 0.3) is 11.0 Å². The molecule has 1 aromatic carbocycles. The van der Waals surface area contributed by atoms with Gasteiger partial charge in [0.05, 0.1) is 22.9 Å². The van der Waals surface area contributed by atoms with Gasteiger partial charge in [0.15, 0.2) is 0 Å². The van der Waals surface area contributed by atoms with E-state index in [1.165, 1.54) is 0 Å². The van der Waals surface area contributed by atoms with E-state index >= 15 is 0 Å². The van der Waals surface area contributed by atoms with Crippen LogP contribution >= 0.6 is 0 Å². The molecule has 1 aliphatic heterocycles. The number of imidazole rings is 1. The van der Waals surface area contributed by atoms with Crippen LogP contribution in [0.1, 0.15) is 31.5 Å². The number of likely N-dealkylation sites (tertiary alicyclic amines) is 1. The van der Waals surface area contributed by atoms with Crippen molar-refractivity contribution in [1.29, 1.82) is 0 Å². The van der Waals surface area contributed by atoms with E-state index in [9.17, 15) is 9.59 Å². The summed E-state index contributed by atoms with van der Waals surface area (Å²) >= 11 is 0. The van der Waals surface area contributed by atoms with Crippen LogP contribution in [0.3, 0.4) is 0 Å². The first-order valence-electron chi connectivity index (χ1n) is 9.07. The molecule has 2 heterocycles. The van der Waals surface area contributed by atoms with Crippen molar-refractivity contribution in [3.63, 3.8) is 0 Å². The summed E-state index contributed by atoms with van der Waals surface area (Å²) in [6, 6.07) is 8.03. The number of carbonyl (C=O) groups is 2. The lowest BCUT2D eigenvalue weighted by Gasteiger charge is -2.39. The monoisotopic (exact) mass is 341 g/mol. The number of nitrogens with one attached hydrogen (secondary N) is 1. The van der Waals surface area contributed by atoms with E-state index in [-0.39, 0.29) is 11.8 Å². The second-order valence-corrected chi connectivity index (χ2v) is 7.30. The average Bonchev–Trinajstić information content (AvgIpc) is 2.96. The highest BCUT2D eigenvalue weighted by Gasteiger charge is 2.43. The topological polar surface area (TPSA) is 86.3 Å². The van der Waals surface area contributed by atoms with Crippen LogP contribution in [0.4, 0.5) is 0 Å². The van der Waals surface area contributed by atoms with Gasteiger partial charge in [-0.3, -0.25) is 9.59 Å². The summed E-state index contributed by atoms with van der Waals surface area (Å²) in [6.07, 6.45) is 4.15. The lowest BCUT2D eigenvalue weighted by molar-refractivity contribution is -0.157. The molecule has 4 rings (SSSR count). The minimum absolute atomic E-state index is 0.0424. The molecule has 6 heteroatoms. The molecule has 2 fully saturated rings. The molecule has 1 saturated heterocycles. The zero-order valence-corrected chi connectivity index (χ0v) is 14.1. The van der Waals surface area contributed by atoms with Crippen LogP contribution in [-0.4, -0.2) is 44.9 Å². The Labute approximate surface area is 146 Å². The number of H-pyrrole nitrogens is 1. The summed E-state index contributed by atoms with van der Waals surface area (Å²) in [5, 5.41) is 9.14. The number of nitrogens with zero attached hydrogens (tertiary/aromatic N) is 2. The molecule has 2 aliphatic rings. The summed E-state index contributed by atoms with van der Waals surface area (Å²) in [6.45, 7) is 1.46. The van der Waals surface area contributed by atoms with E-state index in [1.807, 2.05) is 29.2 Å².